The third kappa shape index (κ3) is 3.83. The molecule has 7 heteroatoms. The van der Waals surface area contributed by atoms with Crippen molar-refractivity contribution in [1.82, 2.24) is 10.2 Å². The van der Waals surface area contributed by atoms with Crippen LogP contribution in [0.4, 0.5) is 0 Å². The molecule has 1 atom stereocenters. The van der Waals surface area contributed by atoms with Gasteiger partial charge in [0.15, 0.2) is 0 Å². The van der Waals surface area contributed by atoms with E-state index in [1.165, 1.54) is 7.05 Å². The number of hydrogen-bond acceptors (Lipinski definition) is 4. The molecule has 1 fully saturated rings. The number of carboxylic acid groups (broad SMARTS) is 1. The van der Waals surface area contributed by atoms with Crippen LogP contribution in [0.5, 0.6) is 0 Å². The van der Waals surface area contributed by atoms with Crippen molar-refractivity contribution in [2.75, 3.05) is 7.05 Å². The highest BCUT2D eigenvalue weighted by Crippen LogP contribution is 2.11. The molecule has 1 aliphatic heterocycles. The van der Waals surface area contributed by atoms with Crippen molar-refractivity contribution >= 4 is 23.7 Å². The van der Waals surface area contributed by atoms with Gasteiger partial charge in [0.25, 0.3) is 5.91 Å². The summed E-state index contributed by atoms with van der Waals surface area (Å²) in [6.07, 6.45) is 0.740. The molecule has 7 nitrogen and oxygen atoms in total. The molecule has 0 aromatic rings. The van der Waals surface area contributed by atoms with Crippen LogP contribution in [0.1, 0.15) is 32.1 Å². The maximum absolute atomic E-state index is 11.6. The smallest absolute Gasteiger partial charge is 0.303 e. The van der Waals surface area contributed by atoms with Crippen molar-refractivity contribution in [3.63, 3.8) is 0 Å². The van der Waals surface area contributed by atoms with Crippen molar-refractivity contribution < 1.29 is 24.3 Å². The number of rotatable bonds is 5. The average Bonchev–Trinajstić information content (AvgIpc) is 2.29. The van der Waals surface area contributed by atoms with Gasteiger partial charge in [-0.1, -0.05) is 0 Å². The zero-order valence-corrected chi connectivity index (χ0v) is 10.1. The summed E-state index contributed by atoms with van der Waals surface area (Å²) in [5.41, 5.74) is 0. The predicted octanol–water partition coefficient (Wildman–Crippen LogP) is -0.495. The number of likely N-dealkylation sites (N-methyl/N-ethyl adjacent to an activating group) is 1. The van der Waals surface area contributed by atoms with E-state index in [0.717, 1.165) is 4.90 Å². The summed E-state index contributed by atoms with van der Waals surface area (Å²) in [7, 11) is 1.38. The number of piperidine rings is 1. The van der Waals surface area contributed by atoms with E-state index in [9.17, 15) is 19.2 Å². The lowest BCUT2D eigenvalue weighted by Crippen LogP contribution is -2.52. The second-order valence-corrected chi connectivity index (χ2v) is 4.20. The van der Waals surface area contributed by atoms with Gasteiger partial charge in [-0.05, 0) is 12.8 Å². The Hall–Kier alpha value is -1.92. The first-order chi connectivity index (χ1) is 8.41. The number of hydrogen-bond donors (Lipinski definition) is 2. The number of likely N-dealkylation sites (tertiary alicyclic amines) is 1. The van der Waals surface area contributed by atoms with Crippen molar-refractivity contribution in [2.45, 2.75) is 38.1 Å². The van der Waals surface area contributed by atoms with Crippen molar-refractivity contribution in [3.8, 4) is 0 Å². The molecule has 0 spiro atoms. The fourth-order valence-corrected chi connectivity index (χ4v) is 1.72. The van der Waals surface area contributed by atoms with Gasteiger partial charge in [-0.25, -0.2) is 0 Å². The quantitative estimate of drug-likeness (QED) is 0.646. The second-order valence-electron chi connectivity index (χ2n) is 4.20. The summed E-state index contributed by atoms with van der Waals surface area (Å²) in [4.78, 5) is 45.6. The van der Waals surface area contributed by atoms with Gasteiger partial charge in [-0.3, -0.25) is 24.1 Å². The van der Waals surface area contributed by atoms with E-state index in [4.69, 9.17) is 5.11 Å². The SMILES string of the molecule is CN1C(=O)CCC(NC(=O)CCCC(=O)O)C1=O. The lowest BCUT2D eigenvalue weighted by atomic mass is 10.0. The Bertz CT molecular complexity index is 380. The average molecular weight is 256 g/mol. The van der Waals surface area contributed by atoms with Gasteiger partial charge in [0.1, 0.15) is 6.04 Å². The van der Waals surface area contributed by atoms with Crippen LogP contribution in [0.25, 0.3) is 0 Å². The molecule has 0 aliphatic carbocycles. The lowest BCUT2D eigenvalue weighted by molar-refractivity contribution is -0.149. The number of carbonyl (C=O) groups excluding carboxylic acids is 3. The van der Waals surface area contributed by atoms with Crippen LogP contribution in [0.2, 0.25) is 0 Å². The second kappa shape index (κ2) is 6.13. The molecule has 1 unspecified atom stereocenters. The summed E-state index contributed by atoms with van der Waals surface area (Å²) in [6.45, 7) is 0. The van der Waals surface area contributed by atoms with Crippen LogP contribution in [0.3, 0.4) is 0 Å². The number of nitrogens with one attached hydrogen (secondary N) is 1. The number of imide groups is 1. The van der Waals surface area contributed by atoms with E-state index < -0.39 is 17.9 Å². The van der Waals surface area contributed by atoms with Gasteiger partial charge < -0.3 is 10.4 Å². The van der Waals surface area contributed by atoms with Gasteiger partial charge >= 0.3 is 5.97 Å². The first-order valence-corrected chi connectivity index (χ1v) is 5.73. The molecule has 0 radical (unpaired) electrons. The van der Waals surface area contributed by atoms with Crippen molar-refractivity contribution in [1.29, 1.82) is 0 Å². The zero-order valence-electron chi connectivity index (χ0n) is 10.1. The normalized spacial score (nSPS) is 19.8. The van der Waals surface area contributed by atoms with E-state index in [1.807, 2.05) is 0 Å². The highest BCUT2D eigenvalue weighted by Gasteiger charge is 2.32. The summed E-state index contributed by atoms with van der Waals surface area (Å²) in [5.74, 6) is -1.99. The molecule has 1 saturated heterocycles. The van der Waals surface area contributed by atoms with Gasteiger partial charge in [0, 0.05) is 26.3 Å². The number of amides is 3. The van der Waals surface area contributed by atoms with E-state index in [-0.39, 0.29) is 37.5 Å². The maximum atomic E-state index is 11.6. The molecule has 0 saturated carbocycles. The molecule has 1 rings (SSSR count). The minimum atomic E-state index is -0.957. The van der Waals surface area contributed by atoms with E-state index in [2.05, 4.69) is 5.32 Å². The molecular weight excluding hydrogens is 240 g/mol. The van der Waals surface area contributed by atoms with Crippen LogP contribution < -0.4 is 5.32 Å². The van der Waals surface area contributed by atoms with Crippen molar-refractivity contribution in [3.05, 3.63) is 0 Å². The standard InChI is InChI=1S/C11H16N2O5/c1-13-9(15)6-5-7(11(13)18)12-8(14)3-2-4-10(16)17/h7H,2-6H2,1H3,(H,12,14)(H,16,17). The van der Waals surface area contributed by atoms with E-state index in [0.29, 0.717) is 6.42 Å². The monoisotopic (exact) mass is 256 g/mol. The number of carboxylic acids is 1. The summed E-state index contributed by atoms with van der Waals surface area (Å²) >= 11 is 0. The Morgan fingerprint density at radius 3 is 2.67 bits per heavy atom. The van der Waals surface area contributed by atoms with Crippen LogP contribution in [0, 0.1) is 0 Å². The Balaban J connectivity index is 2.38. The molecule has 100 valence electrons. The van der Waals surface area contributed by atoms with Gasteiger partial charge in [0.05, 0.1) is 0 Å². The lowest BCUT2D eigenvalue weighted by Gasteiger charge is -2.28. The van der Waals surface area contributed by atoms with Crippen LogP contribution in [0.15, 0.2) is 0 Å². The Morgan fingerprint density at radius 2 is 2.06 bits per heavy atom. The fraction of sp³-hybridized carbons (Fsp3) is 0.636. The third-order valence-electron chi connectivity index (χ3n) is 2.78. The molecule has 3 amide bonds. The molecule has 1 aliphatic rings. The van der Waals surface area contributed by atoms with Crippen LogP contribution >= 0.6 is 0 Å². The van der Waals surface area contributed by atoms with E-state index in [1.54, 1.807) is 0 Å². The third-order valence-corrected chi connectivity index (χ3v) is 2.78. The van der Waals surface area contributed by atoms with Gasteiger partial charge in [-0.15, -0.1) is 0 Å². The molecular formula is C11H16N2O5. The van der Waals surface area contributed by atoms with Crippen molar-refractivity contribution in [2.24, 2.45) is 0 Å². The molecule has 18 heavy (non-hydrogen) atoms. The molecule has 0 aromatic carbocycles. The topological polar surface area (TPSA) is 104 Å². The maximum Gasteiger partial charge on any atom is 0.303 e. The molecule has 0 aromatic heterocycles. The molecule has 2 N–H and O–H groups in total. The summed E-state index contributed by atoms with van der Waals surface area (Å²) in [5, 5.41) is 10.9. The Morgan fingerprint density at radius 1 is 1.39 bits per heavy atom. The van der Waals surface area contributed by atoms with Gasteiger partial charge in [-0.2, -0.15) is 0 Å². The minimum absolute atomic E-state index is 0.0632. The number of nitrogens with zero attached hydrogens (tertiary/aromatic N) is 1. The van der Waals surface area contributed by atoms with Crippen LogP contribution in [-0.4, -0.2) is 46.8 Å². The zero-order chi connectivity index (χ0) is 13.7. The Kier molecular flexibility index (Phi) is 4.82. The summed E-state index contributed by atoms with van der Waals surface area (Å²) in [6, 6.07) is -0.676. The number of carbonyl (C=O) groups is 4. The van der Waals surface area contributed by atoms with Crippen LogP contribution in [-0.2, 0) is 19.2 Å². The number of aliphatic carboxylic acids is 1. The highest BCUT2D eigenvalue weighted by atomic mass is 16.4. The largest absolute Gasteiger partial charge is 0.481 e. The van der Waals surface area contributed by atoms with Gasteiger partial charge in [0.2, 0.25) is 11.8 Å². The minimum Gasteiger partial charge on any atom is -0.481 e. The molecule has 1 heterocycles. The van der Waals surface area contributed by atoms with E-state index >= 15 is 0 Å². The first kappa shape index (κ1) is 14.1. The Labute approximate surface area is 104 Å². The predicted molar refractivity (Wildman–Crippen MR) is 60.4 cm³/mol. The first-order valence-electron chi connectivity index (χ1n) is 5.73. The molecule has 0 bridgehead atoms. The highest BCUT2D eigenvalue weighted by molar-refractivity contribution is 6.01. The summed E-state index contributed by atoms with van der Waals surface area (Å²) < 4.78 is 0. The fourth-order valence-electron chi connectivity index (χ4n) is 1.72.